The molecule has 1 amide bonds. The van der Waals surface area contributed by atoms with Crippen LogP contribution in [0.1, 0.15) is 17.3 Å². The van der Waals surface area contributed by atoms with Crippen LogP contribution in [-0.2, 0) is 11.8 Å². The summed E-state index contributed by atoms with van der Waals surface area (Å²) in [5.41, 5.74) is 2.56. The maximum Gasteiger partial charge on any atom is 0.254 e. The van der Waals surface area contributed by atoms with Crippen LogP contribution in [0.25, 0.3) is 0 Å². The molecule has 1 aliphatic rings. The van der Waals surface area contributed by atoms with E-state index in [4.69, 9.17) is 10.1 Å². The zero-order chi connectivity index (χ0) is 20.9. The van der Waals surface area contributed by atoms with E-state index in [0.717, 1.165) is 5.69 Å². The third-order valence-corrected chi connectivity index (χ3v) is 4.60. The summed E-state index contributed by atoms with van der Waals surface area (Å²) in [5, 5.41) is 18.0. The van der Waals surface area contributed by atoms with Gasteiger partial charge in [-0.15, -0.1) is 0 Å². The number of anilines is 4. The summed E-state index contributed by atoms with van der Waals surface area (Å²) in [6.07, 6.45) is 6.21. The molecule has 1 aliphatic heterocycles. The molecule has 1 fully saturated rings. The third-order valence-electron chi connectivity index (χ3n) is 4.60. The molecule has 1 aromatic carbocycles. The van der Waals surface area contributed by atoms with Gasteiger partial charge < -0.3 is 25.7 Å². The monoisotopic (exact) mass is 408 g/mol. The quantitative estimate of drug-likeness (QED) is 0.536. The number of carbonyl (C=O) groups is 1. The number of aromatic nitrogens is 4. The van der Waals surface area contributed by atoms with Gasteiger partial charge >= 0.3 is 0 Å². The fraction of sp³-hybridized carbons (Fsp3) is 0.250. The van der Waals surface area contributed by atoms with E-state index in [1.165, 1.54) is 6.21 Å². The second-order valence-electron chi connectivity index (χ2n) is 6.78. The van der Waals surface area contributed by atoms with Gasteiger partial charge in [0.05, 0.1) is 30.7 Å². The van der Waals surface area contributed by atoms with Crippen LogP contribution in [-0.4, -0.2) is 63.1 Å². The van der Waals surface area contributed by atoms with Crippen molar-refractivity contribution in [2.45, 2.75) is 0 Å². The van der Waals surface area contributed by atoms with Gasteiger partial charge in [-0.25, -0.2) is 4.98 Å². The molecule has 3 aromatic rings. The van der Waals surface area contributed by atoms with Crippen molar-refractivity contribution in [2.75, 3.05) is 36.9 Å². The van der Waals surface area contributed by atoms with Crippen LogP contribution >= 0.6 is 0 Å². The highest BCUT2D eigenvalue weighted by atomic mass is 16.5. The topological polar surface area (TPSA) is 121 Å². The second-order valence-corrected chi connectivity index (χ2v) is 6.78. The van der Waals surface area contributed by atoms with Crippen molar-refractivity contribution in [3.8, 4) is 0 Å². The van der Waals surface area contributed by atoms with Crippen molar-refractivity contribution < 1.29 is 11.0 Å². The standard InChI is InChI=1S/C20H22N8O2.H2/c1-27-13-17(12-23-27)25-20-22-11-15(10-21)18(26-20)24-16-4-2-3-14(9-16)19(29)28-5-7-30-8-6-28;/h2-4,9-13,21H,5-8H2,1H3,(H2,22,24,25,26);1H. The Labute approximate surface area is 174 Å². The molecule has 4 rings (SSSR count). The number of nitrogens with zero attached hydrogens (tertiary/aromatic N) is 5. The van der Waals surface area contributed by atoms with Crippen molar-refractivity contribution in [3.63, 3.8) is 0 Å². The number of hydrogen-bond donors (Lipinski definition) is 3. The highest BCUT2D eigenvalue weighted by Crippen LogP contribution is 2.22. The fourth-order valence-corrected chi connectivity index (χ4v) is 3.09. The first-order chi connectivity index (χ1) is 14.6. The number of hydrogen-bond acceptors (Lipinski definition) is 8. The van der Waals surface area contributed by atoms with Gasteiger partial charge in [-0.1, -0.05) is 6.07 Å². The summed E-state index contributed by atoms with van der Waals surface area (Å²) in [6, 6.07) is 7.23. The molecule has 0 spiro atoms. The molecule has 156 valence electrons. The molecule has 10 nitrogen and oxygen atoms in total. The maximum atomic E-state index is 12.7. The lowest BCUT2D eigenvalue weighted by atomic mass is 10.1. The van der Waals surface area contributed by atoms with E-state index < -0.39 is 0 Å². The predicted molar refractivity (Wildman–Crippen MR) is 115 cm³/mol. The van der Waals surface area contributed by atoms with Crippen molar-refractivity contribution in [1.82, 2.24) is 24.6 Å². The zero-order valence-corrected chi connectivity index (χ0v) is 16.5. The average molecular weight is 408 g/mol. The molecular weight excluding hydrogens is 384 g/mol. The van der Waals surface area contributed by atoms with Crippen molar-refractivity contribution >= 4 is 35.3 Å². The SMILES string of the molecule is Cn1cc(Nc2ncc(C=N)c(Nc3cccc(C(=O)N4CCOCC4)c3)n2)cn1.[HH]. The first-order valence-electron chi connectivity index (χ1n) is 9.49. The minimum Gasteiger partial charge on any atom is -0.378 e. The van der Waals surface area contributed by atoms with Crippen LogP contribution in [0, 0.1) is 5.41 Å². The fourth-order valence-electron chi connectivity index (χ4n) is 3.09. The molecule has 0 atom stereocenters. The summed E-state index contributed by atoms with van der Waals surface area (Å²) in [7, 11) is 1.82. The number of benzene rings is 1. The van der Waals surface area contributed by atoms with Gasteiger partial charge in [-0.05, 0) is 18.2 Å². The van der Waals surface area contributed by atoms with Gasteiger partial charge in [0.15, 0.2) is 0 Å². The number of aryl methyl sites for hydroxylation is 1. The highest BCUT2D eigenvalue weighted by molar-refractivity contribution is 5.95. The van der Waals surface area contributed by atoms with Crippen LogP contribution < -0.4 is 10.6 Å². The molecule has 0 aliphatic carbocycles. The van der Waals surface area contributed by atoms with E-state index in [1.54, 1.807) is 34.1 Å². The summed E-state index contributed by atoms with van der Waals surface area (Å²) in [4.78, 5) is 23.2. The van der Waals surface area contributed by atoms with Crippen LogP contribution in [0.2, 0.25) is 0 Å². The molecule has 3 N–H and O–H groups in total. The first kappa shape index (κ1) is 19.5. The number of carbonyl (C=O) groups excluding carboxylic acids is 1. The van der Waals surface area contributed by atoms with Gasteiger partial charge in [-0.2, -0.15) is 10.1 Å². The largest absolute Gasteiger partial charge is 0.378 e. The predicted octanol–water partition coefficient (Wildman–Crippen LogP) is 2.41. The van der Waals surface area contributed by atoms with E-state index >= 15 is 0 Å². The number of ether oxygens (including phenoxy) is 1. The number of amides is 1. The Kier molecular flexibility index (Phi) is 5.66. The molecule has 3 heterocycles. The van der Waals surface area contributed by atoms with Crippen LogP contribution in [0.4, 0.5) is 23.1 Å². The van der Waals surface area contributed by atoms with E-state index in [1.807, 2.05) is 25.4 Å². The van der Waals surface area contributed by atoms with Gasteiger partial charge in [-0.3, -0.25) is 9.48 Å². The lowest BCUT2D eigenvalue weighted by molar-refractivity contribution is 0.0303. The van der Waals surface area contributed by atoms with Gasteiger partial charge in [0.1, 0.15) is 5.82 Å². The number of morpholine rings is 1. The summed E-state index contributed by atoms with van der Waals surface area (Å²) in [6.45, 7) is 2.29. The van der Waals surface area contributed by atoms with Crippen molar-refractivity contribution in [3.05, 3.63) is 54.0 Å². The van der Waals surface area contributed by atoms with Crippen LogP contribution in [0.5, 0.6) is 0 Å². The van der Waals surface area contributed by atoms with Crippen LogP contribution in [0.15, 0.2) is 42.9 Å². The van der Waals surface area contributed by atoms with E-state index in [-0.39, 0.29) is 7.33 Å². The molecular formula is C20H24N8O2. The van der Waals surface area contributed by atoms with E-state index in [0.29, 0.717) is 54.9 Å². The summed E-state index contributed by atoms with van der Waals surface area (Å²) < 4.78 is 6.99. The second kappa shape index (κ2) is 8.70. The average Bonchev–Trinajstić information content (AvgIpc) is 3.19. The van der Waals surface area contributed by atoms with Crippen molar-refractivity contribution in [2.24, 2.45) is 7.05 Å². The van der Waals surface area contributed by atoms with Crippen LogP contribution in [0.3, 0.4) is 0 Å². The Bertz CT molecular complexity index is 1060. The van der Waals surface area contributed by atoms with E-state index in [9.17, 15) is 4.79 Å². The molecule has 30 heavy (non-hydrogen) atoms. The lowest BCUT2D eigenvalue weighted by Gasteiger charge is -2.27. The van der Waals surface area contributed by atoms with E-state index in [2.05, 4.69) is 25.7 Å². The minimum absolute atomic E-state index is 0. The number of nitrogens with one attached hydrogen (secondary N) is 3. The summed E-state index contributed by atoms with van der Waals surface area (Å²) in [5.74, 6) is 0.801. The smallest absolute Gasteiger partial charge is 0.254 e. The lowest BCUT2D eigenvalue weighted by Crippen LogP contribution is -2.40. The molecule has 10 heteroatoms. The third kappa shape index (κ3) is 4.44. The molecule has 0 saturated carbocycles. The Morgan fingerprint density at radius 2 is 2.07 bits per heavy atom. The molecule has 1 saturated heterocycles. The van der Waals surface area contributed by atoms with Gasteiger partial charge in [0.2, 0.25) is 5.95 Å². The normalized spacial score (nSPS) is 13.7. The zero-order valence-electron chi connectivity index (χ0n) is 16.5. The van der Waals surface area contributed by atoms with Gasteiger partial charge in [0.25, 0.3) is 5.91 Å². The molecule has 0 unspecified atom stereocenters. The maximum absolute atomic E-state index is 12.7. The Morgan fingerprint density at radius 3 is 2.80 bits per heavy atom. The molecule has 0 radical (unpaired) electrons. The summed E-state index contributed by atoms with van der Waals surface area (Å²) >= 11 is 0. The molecule has 2 aromatic heterocycles. The van der Waals surface area contributed by atoms with Crippen molar-refractivity contribution in [1.29, 1.82) is 5.41 Å². The van der Waals surface area contributed by atoms with Gasteiger partial charge in [0, 0.05) is 51.4 Å². The highest BCUT2D eigenvalue weighted by Gasteiger charge is 2.19. The Morgan fingerprint density at radius 1 is 1.23 bits per heavy atom. The molecule has 0 bridgehead atoms. The Hall–Kier alpha value is -3.79. The first-order valence-corrected chi connectivity index (χ1v) is 9.49. The minimum atomic E-state index is -0.0316. The Balaban J connectivity index is 0.00000272. The number of rotatable bonds is 6.